The van der Waals surface area contributed by atoms with E-state index in [2.05, 4.69) is 34.2 Å². The van der Waals surface area contributed by atoms with Gasteiger partial charge in [-0.25, -0.2) is 4.98 Å². The fourth-order valence-electron chi connectivity index (χ4n) is 2.04. The molecule has 1 saturated heterocycles. The first kappa shape index (κ1) is 13.2. The minimum absolute atomic E-state index is 0.587. The van der Waals surface area contributed by atoms with Crippen LogP contribution in [0.4, 0.5) is 0 Å². The zero-order valence-corrected chi connectivity index (χ0v) is 11.9. The summed E-state index contributed by atoms with van der Waals surface area (Å²) in [6, 6.07) is 0.587. The molecule has 0 amide bonds. The van der Waals surface area contributed by atoms with Crippen molar-refractivity contribution in [1.29, 1.82) is 0 Å². The van der Waals surface area contributed by atoms with E-state index in [-0.39, 0.29) is 0 Å². The lowest BCUT2D eigenvalue weighted by Crippen LogP contribution is -2.53. The van der Waals surface area contributed by atoms with Crippen LogP contribution in [0.1, 0.15) is 5.01 Å². The zero-order valence-electron chi connectivity index (χ0n) is 10.3. The van der Waals surface area contributed by atoms with E-state index in [1.807, 2.05) is 0 Å². The molecule has 0 aromatic carbocycles. The van der Waals surface area contributed by atoms with Crippen molar-refractivity contribution in [2.75, 3.05) is 40.3 Å². The van der Waals surface area contributed by atoms with Crippen LogP contribution in [0.2, 0.25) is 4.34 Å². The van der Waals surface area contributed by atoms with Crippen molar-refractivity contribution in [2.45, 2.75) is 12.6 Å². The van der Waals surface area contributed by atoms with E-state index in [4.69, 9.17) is 11.6 Å². The summed E-state index contributed by atoms with van der Waals surface area (Å²) in [5.41, 5.74) is 0. The normalized spacial score (nSPS) is 23.1. The molecule has 1 aliphatic rings. The number of thiazole rings is 1. The molecule has 96 valence electrons. The number of likely N-dealkylation sites (N-methyl/N-ethyl adjacent to an activating group) is 2. The summed E-state index contributed by atoms with van der Waals surface area (Å²) in [4.78, 5) is 9.03. The largest absolute Gasteiger partial charge is 0.309 e. The molecule has 0 radical (unpaired) electrons. The van der Waals surface area contributed by atoms with Gasteiger partial charge in [0.1, 0.15) is 9.34 Å². The average Bonchev–Trinajstić information content (AvgIpc) is 2.69. The molecule has 2 heterocycles. The predicted molar refractivity (Wildman–Crippen MR) is 72.7 cm³/mol. The number of piperazine rings is 1. The van der Waals surface area contributed by atoms with Crippen molar-refractivity contribution < 1.29 is 0 Å². The smallest absolute Gasteiger partial charge is 0.113 e. The van der Waals surface area contributed by atoms with E-state index in [1.54, 1.807) is 17.5 Å². The minimum atomic E-state index is 0.587. The second-order valence-corrected chi connectivity index (χ2v) is 6.33. The maximum atomic E-state index is 5.84. The van der Waals surface area contributed by atoms with Crippen molar-refractivity contribution in [2.24, 2.45) is 0 Å². The van der Waals surface area contributed by atoms with Crippen LogP contribution >= 0.6 is 22.9 Å². The first-order valence-corrected chi connectivity index (χ1v) is 7.04. The third kappa shape index (κ3) is 3.89. The van der Waals surface area contributed by atoms with Gasteiger partial charge in [0.25, 0.3) is 0 Å². The van der Waals surface area contributed by atoms with Crippen molar-refractivity contribution in [1.82, 2.24) is 20.1 Å². The second kappa shape index (κ2) is 6.11. The number of nitrogens with zero attached hydrogens (tertiary/aromatic N) is 3. The monoisotopic (exact) mass is 274 g/mol. The molecular weight excluding hydrogens is 256 g/mol. The van der Waals surface area contributed by atoms with Crippen LogP contribution in [0.5, 0.6) is 0 Å². The Morgan fingerprint density at radius 2 is 2.35 bits per heavy atom. The van der Waals surface area contributed by atoms with Crippen LogP contribution < -0.4 is 5.32 Å². The van der Waals surface area contributed by atoms with Crippen LogP contribution in [0.15, 0.2) is 6.20 Å². The summed E-state index contributed by atoms with van der Waals surface area (Å²) < 4.78 is 0.760. The molecule has 2 rings (SSSR count). The van der Waals surface area contributed by atoms with Gasteiger partial charge in [0.05, 0.1) is 6.20 Å². The lowest BCUT2D eigenvalue weighted by molar-refractivity contribution is 0.113. The standard InChI is InChI=1S/C11H19ClN4S/c1-15-3-4-16(2)9(8-15)5-13-7-11-14-6-10(12)17-11/h6,9,13H,3-5,7-8H2,1-2H3. The highest BCUT2D eigenvalue weighted by molar-refractivity contribution is 7.15. The first-order valence-electron chi connectivity index (χ1n) is 5.85. The maximum Gasteiger partial charge on any atom is 0.113 e. The maximum absolute atomic E-state index is 5.84. The van der Waals surface area contributed by atoms with Gasteiger partial charge in [0.2, 0.25) is 0 Å². The Morgan fingerprint density at radius 3 is 3.06 bits per heavy atom. The van der Waals surface area contributed by atoms with Gasteiger partial charge in [-0.15, -0.1) is 11.3 Å². The topological polar surface area (TPSA) is 31.4 Å². The SMILES string of the molecule is CN1CCN(C)C(CNCc2ncc(Cl)s2)C1. The molecule has 0 spiro atoms. The third-order valence-electron chi connectivity index (χ3n) is 3.16. The van der Waals surface area contributed by atoms with Gasteiger partial charge < -0.3 is 10.2 Å². The average molecular weight is 275 g/mol. The molecule has 1 unspecified atom stereocenters. The molecule has 1 atom stereocenters. The van der Waals surface area contributed by atoms with Gasteiger partial charge in [-0.1, -0.05) is 11.6 Å². The molecule has 17 heavy (non-hydrogen) atoms. The molecular formula is C11H19ClN4S. The Kier molecular flexibility index (Phi) is 4.76. The van der Waals surface area contributed by atoms with Crippen LogP contribution in [-0.2, 0) is 6.54 Å². The van der Waals surface area contributed by atoms with E-state index in [1.165, 1.54) is 0 Å². The molecule has 0 saturated carbocycles. The summed E-state index contributed by atoms with van der Waals surface area (Å²) >= 11 is 7.39. The summed E-state index contributed by atoms with van der Waals surface area (Å²) in [7, 11) is 4.38. The van der Waals surface area contributed by atoms with Crippen molar-refractivity contribution in [3.8, 4) is 0 Å². The van der Waals surface area contributed by atoms with Gasteiger partial charge in [0, 0.05) is 38.8 Å². The van der Waals surface area contributed by atoms with Crippen LogP contribution in [0, 0.1) is 0 Å². The zero-order chi connectivity index (χ0) is 12.3. The Morgan fingerprint density at radius 1 is 1.53 bits per heavy atom. The molecule has 4 nitrogen and oxygen atoms in total. The number of hydrogen-bond donors (Lipinski definition) is 1. The highest BCUT2D eigenvalue weighted by atomic mass is 35.5. The molecule has 1 fully saturated rings. The van der Waals surface area contributed by atoms with E-state index in [0.29, 0.717) is 6.04 Å². The van der Waals surface area contributed by atoms with Gasteiger partial charge in [-0.2, -0.15) is 0 Å². The molecule has 0 bridgehead atoms. The molecule has 1 aromatic heterocycles. The Balaban J connectivity index is 1.74. The fraction of sp³-hybridized carbons (Fsp3) is 0.727. The number of nitrogens with one attached hydrogen (secondary N) is 1. The quantitative estimate of drug-likeness (QED) is 0.892. The van der Waals surface area contributed by atoms with Gasteiger partial charge in [0.15, 0.2) is 0 Å². The number of hydrogen-bond acceptors (Lipinski definition) is 5. The minimum Gasteiger partial charge on any atom is -0.309 e. The Labute approximate surface area is 112 Å². The van der Waals surface area contributed by atoms with Crippen molar-refractivity contribution in [3.63, 3.8) is 0 Å². The summed E-state index contributed by atoms with van der Waals surface area (Å²) in [5.74, 6) is 0. The van der Waals surface area contributed by atoms with Gasteiger partial charge in [-0.3, -0.25) is 4.90 Å². The van der Waals surface area contributed by atoms with Gasteiger partial charge >= 0.3 is 0 Å². The van der Waals surface area contributed by atoms with Crippen LogP contribution in [0.25, 0.3) is 0 Å². The predicted octanol–water partition coefficient (Wildman–Crippen LogP) is 1.13. The first-order chi connectivity index (χ1) is 8.15. The lowest BCUT2D eigenvalue weighted by Gasteiger charge is -2.37. The number of aromatic nitrogens is 1. The highest BCUT2D eigenvalue weighted by Gasteiger charge is 2.21. The van der Waals surface area contributed by atoms with E-state index >= 15 is 0 Å². The Hall–Kier alpha value is -0.200. The summed E-state index contributed by atoms with van der Waals surface area (Å²) in [6.45, 7) is 5.24. The summed E-state index contributed by atoms with van der Waals surface area (Å²) in [6.07, 6.45) is 1.71. The fourth-order valence-corrected chi connectivity index (χ4v) is 2.96. The molecule has 1 aliphatic heterocycles. The van der Waals surface area contributed by atoms with Crippen LogP contribution in [0.3, 0.4) is 0 Å². The van der Waals surface area contributed by atoms with Crippen molar-refractivity contribution >= 4 is 22.9 Å². The van der Waals surface area contributed by atoms with Crippen LogP contribution in [-0.4, -0.2) is 61.1 Å². The number of rotatable bonds is 4. The lowest BCUT2D eigenvalue weighted by atomic mass is 10.2. The van der Waals surface area contributed by atoms with Gasteiger partial charge in [-0.05, 0) is 14.1 Å². The van der Waals surface area contributed by atoms with E-state index < -0.39 is 0 Å². The molecule has 0 aliphatic carbocycles. The third-order valence-corrected chi connectivity index (χ3v) is 4.28. The Bertz CT molecular complexity index is 357. The molecule has 1 aromatic rings. The summed E-state index contributed by atoms with van der Waals surface area (Å²) in [5, 5.41) is 4.51. The number of halogens is 1. The van der Waals surface area contributed by atoms with E-state index in [0.717, 1.165) is 42.1 Å². The van der Waals surface area contributed by atoms with E-state index in [9.17, 15) is 0 Å². The second-order valence-electron chi connectivity index (χ2n) is 4.59. The molecule has 6 heteroatoms. The van der Waals surface area contributed by atoms with Crippen molar-refractivity contribution in [3.05, 3.63) is 15.5 Å². The molecule has 1 N–H and O–H groups in total. The highest BCUT2D eigenvalue weighted by Crippen LogP contribution is 2.17.